The molecule has 1 aromatic rings. The van der Waals surface area contributed by atoms with Gasteiger partial charge in [0.2, 0.25) is 0 Å². The van der Waals surface area contributed by atoms with Crippen molar-refractivity contribution in [2.75, 3.05) is 6.61 Å². The molecule has 0 amide bonds. The third kappa shape index (κ3) is 4.72. The molecule has 19 heavy (non-hydrogen) atoms. The van der Waals surface area contributed by atoms with Gasteiger partial charge in [-0.3, -0.25) is 11.3 Å². The fourth-order valence-corrected chi connectivity index (χ4v) is 3.43. The molecule has 3 N–H and O–H groups in total. The first-order chi connectivity index (χ1) is 9.19. The van der Waals surface area contributed by atoms with Gasteiger partial charge in [0.15, 0.2) is 0 Å². The molecule has 1 aliphatic rings. The number of halogens is 2. The molecule has 2 atom stereocenters. The normalized spacial score (nSPS) is 20.7. The van der Waals surface area contributed by atoms with Crippen LogP contribution in [0.2, 0.25) is 5.02 Å². The highest BCUT2D eigenvalue weighted by atomic mass is 79.9. The summed E-state index contributed by atoms with van der Waals surface area (Å²) < 4.78 is 6.61. The lowest BCUT2D eigenvalue weighted by molar-refractivity contribution is 0.101. The van der Waals surface area contributed by atoms with E-state index in [1.54, 1.807) is 0 Å². The minimum absolute atomic E-state index is 0.136. The van der Waals surface area contributed by atoms with Crippen molar-refractivity contribution in [2.45, 2.75) is 44.2 Å². The van der Waals surface area contributed by atoms with Crippen LogP contribution in [0, 0.1) is 0 Å². The van der Waals surface area contributed by atoms with Crippen molar-refractivity contribution in [1.29, 1.82) is 0 Å². The molecule has 1 saturated heterocycles. The second-order valence-corrected chi connectivity index (χ2v) is 6.34. The largest absolute Gasteiger partial charge is 0.378 e. The molecule has 0 aliphatic carbocycles. The summed E-state index contributed by atoms with van der Waals surface area (Å²) in [4.78, 5) is 0. The van der Waals surface area contributed by atoms with Crippen LogP contribution in [0.3, 0.4) is 0 Å². The highest BCUT2D eigenvalue weighted by Gasteiger charge is 2.17. The van der Waals surface area contributed by atoms with E-state index in [0.29, 0.717) is 6.10 Å². The first kappa shape index (κ1) is 15.3. The van der Waals surface area contributed by atoms with Crippen molar-refractivity contribution in [2.24, 2.45) is 5.84 Å². The summed E-state index contributed by atoms with van der Waals surface area (Å²) in [6, 6.07) is 6.03. The molecular formula is C14H20BrClN2O. The number of rotatable bonds is 6. The maximum absolute atomic E-state index is 6.07. The van der Waals surface area contributed by atoms with Crippen LogP contribution in [0.25, 0.3) is 0 Å². The zero-order chi connectivity index (χ0) is 13.7. The van der Waals surface area contributed by atoms with Gasteiger partial charge in [0.1, 0.15) is 0 Å². The molecule has 0 aromatic heterocycles. The maximum atomic E-state index is 6.07. The van der Waals surface area contributed by atoms with Gasteiger partial charge in [0, 0.05) is 22.1 Å². The SMILES string of the molecule is NNC(CCCC1CCCO1)c1cc(Cl)cc(Br)c1. The van der Waals surface area contributed by atoms with E-state index < -0.39 is 0 Å². The molecule has 2 unspecified atom stereocenters. The van der Waals surface area contributed by atoms with E-state index >= 15 is 0 Å². The second kappa shape index (κ2) is 7.60. The zero-order valence-electron chi connectivity index (χ0n) is 10.9. The molecule has 0 radical (unpaired) electrons. The van der Waals surface area contributed by atoms with E-state index in [1.807, 2.05) is 12.1 Å². The molecule has 1 aliphatic heterocycles. The summed E-state index contributed by atoms with van der Waals surface area (Å²) >= 11 is 9.53. The number of benzene rings is 1. The van der Waals surface area contributed by atoms with E-state index in [0.717, 1.165) is 40.9 Å². The molecule has 0 spiro atoms. The van der Waals surface area contributed by atoms with E-state index in [1.165, 1.54) is 12.8 Å². The van der Waals surface area contributed by atoms with Gasteiger partial charge in [-0.2, -0.15) is 0 Å². The van der Waals surface area contributed by atoms with Crippen LogP contribution < -0.4 is 11.3 Å². The Bertz CT molecular complexity index is 390. The van der Waals surface area contributed by atoms with Gasteiger partial charge in [-0.25, -0.2) is 0 Å². The summed E-state index contributed by atoms with van der Waals surface area (Å²) in [6.07, 6.45) is 6.05. The first-order valence-electron chi connectivity index (χ1n) is 6.73. The standard InChI is InChI=1S/C14H20BrClN2O/c15-11-7-10(8-12(16)9-11)14(18-17)5-1-3-13-4-2-6-19-13/h7-9,13-14,18H,1-6,17H2. The van der Waals surface area contributed by atoms with Gasteiger partial charge >= 0.3 is 0 Å². The third-order valence-corrected chi connectivity index (χ3v) is 4.21. The average molecular weight is 348 g/mol. The van der Waals surface area contributed by atoms with E-state index in [-0.39, 0.29) is 6.04 Å². The zero-order valence-corrected chi connectivity index (χ0v) is 13.2. The maximum Gasteiger partial charge on any atom is 0.0576 e. The highest BCUT2D eigenvalue weighted by Crippen LogP contribution is 2.27. The fraction of sp³-hybridized carbons (Fsp3) is 0.571. The van der Waals surface area contributed by atoms with Crippen LogP contribution >= 0.6 is 27.5 Å². The molecule has 3 nitrogen and oxygen atoms in total. The third-order valence-electron chi connectivity index (χ3n) is 3.53. The van der Waals surface area contributed by atoms with Crippen molar-refractivity contribution in [3.8, 4) is 0 Å². The summed E-state index contributed by atoms with van der Waals surface area (Å²) in [5.41, 5.74) is 4.00. The van der Waals surface area contributed by atoms with Crippen LogP contribution in [0.15, 0.2) is 22.7 Å². The molecule has 5 heteroatoms. The number of nitrogens with two attached hydrogens (primary N) is 1. The Kier molecular flexibility index (Phi) is 6.10. The smallest absolute Gasteiger partial charge is 0.0576 e. The molecule has 1 heterocycles. The minimum Gasteiger partial charge on any atom is -0.378 e. The second-order valence-electron chi connectivity index (χ2n) is 4.99. The predicted molar refractivity (Wildman–Crippen MR) is 82.0 cm³/mol. The van der Waals surface area contributed by atoms with Crippen LogP contribution in [0.4, 0.5) is 0 Å². The lowest BCUT2D eigenvalue weighted by atomic mass is 10.00. The number of hydrogen-bond acceptors (Lipinski definition) is 3. The van der Waals surface area contributed by atoms with Crippen molar-refractivity contribution in [1.82, 2.24) is 5.43 Å². The number of hydrazine groups is 1. The van der Waals surface area contributed by atoms with E-state index in [4.69, 9.17) is 22.2 Å². The summed E-state index contributed by atoms with van der Waals surface area (Å²) in [5, 5.41) is 0.726. The molecule has 2 rings (SSSR count). The van der Waals surface area contributed by atoms with Gasteiger partial charge in [-0.05, 0) is 55.9 Å². The van der Waals surface area contributed by atoms with Gasteiger partial charge in [0.05, 0.1) is 6.10 Å². The summed E-state index contributed by atoms with van der Waals surface area (Å²) in [6.45, 7) is 0.921. The molecule has 0 saturated carbocycles. The quantitative estimate of drug-likeness (QED) is 0.605. The Morgan fingerprint density at radius 2 is 2.32 bits per heavy atom. The fourth-order valence-electron chi connectivity index (χ4n) is 2.54. The van der Waals surface area contributed by atoms with E-state index in [9.17, 15) is 0 Å². The van der Waals surface area contributed by atoms with Gasteiger partial charge < -0.3 is 4.74 Å². The summed E-state index contributed by atoms with van der Waals surface area (Å²) in [7, 11) is 0. The van der Waals surface area contributed by atoms with Gasteiger partial charge in [-0.15, -0.1) is 0 Å². The Morgan fingerprint density at radius 3 is 2.95 bits per heavy atom. The Balaban J connectivity index is 1.87. The van der Waals surface area contributed by atoms with Crippen molar-refractivity contribution >= 4 is 27.5 Å². The number of nitrogens with one attached hydrogen (secondary N) is 1. The Labute approximate surface area is 127 Å². The topological polar surface area (TPSA) is 47.3 Å². The Hall–Kier alpha value is -0.130. The number of hydrogen-bond donors (Lipinski definition) is 2. The van der Waals surface area contributed by atoms with E-state index in [2.05, 4.69) is 27.4 Å². The van der Waals surface area contributed by atoms with Gasteiger partial charge in [-0.1, -0.05) is 27.5 Å². The average Bonchev–Trinajstić information content (AvgIpc) is 2.86. The van der Waals surface area contributed by atoms with Crippen molar-refractivity contribution in [3.05, 3.63) is 33.3 Å². The monoisotopic (exact) mass is 346 g/mol. The molecule has 1 fully saturated rings. The van der Waals surface area contributed by atoms with Crippen molar-refractivity contribution < 1.29 is 4.74 Å². The molecular weight excluding hydrogens is 328 g/mol. The molecule has 0 bridgehead atoms. The van der Waals surface area contributed by atoms with Crippen molar-refractivity contribution in [3.63, 3.8) is 0 Å². The van der Waals surface area contributed by atoms with Gasteiger partial charge in [0.25, 0.3) is 0 Å². The van der Waals surface area contributed by atoms with Crippen LogP contribution in [-0.4, -0.2) is 12.7 Å². The number of ether oxygens (including phenoxy) is 1. The first-order valence-corrected chi connectivity index (χ1v) is 7.90. The summed E-state index contributed by atoms with van der Waals surface area (Å²) in [5.74, 6) is 5.66. The lowest BCUT2D eigenvalue weighted by Gasteiger charge is -2.18. The molecule has 1 aromatic carbocycles. The predicted octanol–water partition coefficient (Wildman–Crippen LogP) is 3.96. The molecule has 106 valence electrons. The van der Waals surface area contributed by atoms with Crippen LogP contribution in [-0.2, 0) is 4.74 Å². The van der Waals surface area contributed by atoms with Crippen LogP contribution in [0.5, 0.6) is 0 Å². The minimum atomic E-state index is 0.136. The Morgan fingerprint density at radius 1 is 1.47 bits per heavy atom. The lowest BCUT2D eigenvalue weighted by Crippen LogP contribution is -2.28. The highest BCUT2D eigenvalue weighted by molar-refractivity contribution is 9.10. The van der Waals surface area contributed by atoms with Crippen LogP contribution in [0.1, 0.15) is 43.7 Å².